The molecule has 0 atom stereocenters. The Hall–Kier alpha value is -3.12. The largest absolute Gasteiger partial charge is 0.406 e. The van der Waals surface area contributed by atoms with Crippen molar-refractivity contribution in [2.24, 2.45) is 5.73 Å². The molecule has 0 aliphatic rings. The molecule has 0 saturated carbocycles. The van der Waals surface area contributed by atoms with Crippen LogP contribution in [-0.2, 0) is 35.0 Å². The number of aromatic nitrogens is 4. The third-order valence-corrected chi connectivity index (χ3v) is 7.14. The molecule has 0 saturated heterocycles. The van der Waals surface area contributed by atoms with Crippen LogP contribution >= 0.6 is 0 Å². The molecule has 0 amide bonds. The lowest BCUT2D eigenvalue weighted by atomic mass is 9.95. The molecule has 4 rings (SSSR count). The predicted octanol–water partition coefficient (Wildman–Crippen LogP) is 3.39. The number of aryl methyl sites for hydroxylation is 1. The molecular formula is C24H28F3N5O3S. The van der Waals surface area contributed by atoms with E-state index in [1.54, 1.807) is 0 Å². The van der Waals surface area contributed by atoms with E-state index in [2.05, 4.69) is 4.98 Å². The van der Waals surface area contributed by atoms with E-state index in [-0.39, 0.29) is 23.3 Å². The van der Waals surface area contributed by atoms with Gasteiger partial charge in [-0.3, -0.25) is 14.1 Å². The number of halogens is 3. The van der Waals surface area contributed by atoms with E-state index in [1.807, 2.05) is 42.7 Å². The zero-order chi connectivity index (χ0) is 26.5. The number of rotatable bonds is 8. The Balaban J connectivity index is 1.84. The third kappa shape index (κ3) is 5.49. The lowest BCUT2D eigenvalue weighted by Gasteiger charge is -2.19. The number of nitrogens with zero attached hydrogens (tertiary/aromatic N) is 4. The van der Waals surface area contributed by atoms with Crippen molar-refractivity contribution < 1.29 is 21.6 Å². The molecule has 4 aromatic rings. The number of pyridine rings is 1. The summed E-state index contributed by atoms with van der Waals surface area (Å²) >= 11 is 0. The van der Waals surface area contributed by atoms with Gasteiger partial charge in [-0.25, -0.2) is 13.2 Å². The molecule has 3 heterocycles. The smallest absolute Gasteiger partial charge is 0.343 e. The highest BCUT2D eigenvalue weighted by Gasteiger charge is 2.31. The van der Waals surface area contributed by atoms with Gasteiger partial charge in [-0.1, -0.05) is 6.07 Å². The minimum atomic E-state index is -4.57. The van der Waals surface area contributed by atoms with E-state index in [1.165, 1.54) is 29.3 Å². The number of benzene rings is 1. The summed E-state index contributed by atoms with van der Waals surface area (Å²) in [7, 11) is -3.18. The maximum Gasteiger partial charge on any atom is 0.406 e. The van der Waals surface area contributed by atoms with Gasteiger partial charge in [-0.15, -0.1) is 0 Å². The highest BCUT2D eigenvalue weighted by Crippen LogP contribution is 2.27. The lowest BCUT2D eigenvalue weighted by molar-refractivity contribution is -0.140. The van der Waals surface area contributed by atoms with Gasteiger partial charge in [0.15, 0.2) is 0 Å². The quantitative estimate of drug-likeness (QED) is 0.381. The van der Waals surface area contributed by atoms with E-state index < -0.39 is 33.8 Å². The van der Waals surface area contributed by atoms with Crippen molar-refractivity contribution in [2.45, 2.75) is 51.6 Å². The fourth-order valence-electron chi connectivity index (χ4n) is 4.42. The number of hydrogen-bond acceptors (Lipinski definition) is 5. The van der Waals surface area contributed by atoms with Gasteiger partial charge >= 0.3 is 11.9 Å². The van der Waals surface area contributed by atoms with Gasteiger partial charge in [0.05, 0.1) is 29.5 Å². The molecule has 2 N–H and O–H groups in total. The second-order valence-corrected chi connectivity index (χ2v) is 12.0. The van der Waals surface area contributed by atoms with Crippen LogP contribution in [0.15, 0.2) is 47.5 Å². The van der Waals surface area contributed by atoms with Crippen LogP contribution in [0.25, 0.3) is 21.9 Å². The van der Waals surface area contributed by atoms with Crippen molar-refractivity contribution in [3.63, 3.8) is 0 Å². The minimum Gasteiger partial charge on any atom is -0.343 e. The SMILES string of the molecule is CC(C)(N)c1ccc2c(c1)cc(Cn1c(=O)n(CC(F)(F)F)c3ccncc31)n2CCCS(C)(=O)=O. The van der Waals surface area contributed by atoms with Crippen molar-refractivity contribution in [1.29, 1.82) is 0 Å². The maximum absolute atomic E-state index is 13.2. The van der Waals surface area contributed by atoms with Gasteiger partial charge in [-0.2, -0.15) is 13.2 Å². The van der Waals surface area contributed by atoms with E-state index >= 15 is 0 Å². The second-order valence-electron chi connectivity index (χ2n) is 9.70. The van der Waals surface area contributed by atoms with Crippen molar-refractivity contribution in [3.8, 4) is 0 Å². The van der Waals surface area contributed by atoms with Crippen molar-refractivity contribution >= 4 is 31.8 Å². The number of alkyl halides is 3. The molecule has 0 bridgehead atoms. The van der Waals surface area contributed by atoms with E-state index in [4.69, 9.17) is 5.73 Å². The Morgan fingerprint density at radius 1 is 1.00 bits per heavy atom. The number of nitrogens with two attached hydrogens (primary N) is 1. The average molecular weight is 524 g/mol. The van der Waals surface area contributed by atoms with Crippen LogP contribution in [0.4, 0.5) is 13.2 Å². The molecule has 36 heavy (non-hydrogen) atoms. The monoisotopic (exact) mass is 523 g/mol. The molecule has 194 valence electrons. The molecule has 12 heteroatoms. The highest BCUT2D eigenvalue weighted by atomic mass is 32.2. The fourth-order valence-corrected chi connectivity index (χ4v) is 5.08. The summed E-state index contributed by atoms with van der Waals surface area (Å²) in [6, 6.07) is 8.96. The summed E-state index contributed by atoms with van der Waals surface area (Å²) in [6.45, 7) is 2.68. The van der Waals surface area contributed by atoms with E-state index in [9.17, 15) is 26.4 Å². The Bertz CT molecular complexity index is 1590. The minimum absolute atomic E-state index is 0.0131. The van der Waals surface area contributed by atoms with Crippen LogP contribution in [-0.4, -0.2) is 45.3 Å². The highest BCUT2D eigenvalue weighted by molar-refractivity contribution is 7.90. The first-order valence-corrected chi connectivity index (χ1v) is 13.4. The standard InChI is InChI=1S/C24H28F3N5O3S/c1-23(2,28)17-5-6-19-16(11-17)12-18(30(19)9-4-10-36(3,34)35)14-31-21-13-29-8-7-20(21)32(22(31)33)15-24(25,26)27/h5-8,11-13H,4,9-10,14-15,28H2,1-3H3. The zero-order valence-corrected chi connectivity index (χ0v) is 21.0. The van der Waals surface area contributed by atoms with Crippen molar-refractivity contribution in [3.05, 3.63) is 64.5 Å². The molecule has 3 aromatic heterocycles. The van der Waals surface area contributed by atoms with Gasteiger partial charge in [0, 0.05) is 41.1 Å². The van der Waals surface area contributed by atoms with Crippen LogP contribution in [0.5, 0.6) is 0 Å². The van der Waals surface area contributed by atoms with Crippen LogP contribution in [0, 0.1) is 0 Å². The van der Waals surface area contributed by atoms with Crippen LogP contribution in [0.3, 0.4) is 0 Å². The normalized spacial score (nSPS) is 13.2. The topological polar surface area (TPSA) is 105 Å². The fraction of sp³-hybridized carbons (Fsp3) is 0.417. The summed E-state index contributed by atoms with van der Waals surface area (Å²) in [5.74, 6) is -0.0191. The third-order valence-electron chi connectivity index (χ3n) is 6.11. The maximum atomic E-state index is 13.2. The lowest BCUT2D eigenvalue weighted by Crippen LogP contribution is -2.30. The Kier molecular flexibility index (Phi) is 6.54. The van der Waals surface area contributed by atoms with Crippen LogP contribution < -0.4 is 11.4 Å². The Labute approximate surface area is 206 Å². The summed E-state index contributed by atoms with van der Waals surface area (Å²) in [6.07, 6.45) is -0.351. The molecule has 0 radical (unpaired) electrons. The summed E-state index contributed by atoms with van der Waals surface area (Å²) in [5.41, 5.74) is 7.64. The van der Waals surface area contributed by atoms with Gasteiger partial charge < -0.3 is 10.3 Å². The zero-order valence-electron chi connectivity index (χ0n) is 20.2. The first kappa shape index (κ1) is 26.0. The number of hydrogen-bond donors (Lipinski definition) is 1. The Morgan fingerprint density at radius 2 is 1.72 bits per heavy atom. The molecule has 0 unspecified atom stereocenters. The van der Waals surface area contributed by atoms with E-state index in [0.29, 0.717) is 23.2 Å². The molecule has 0 fully saturated rings. The molecule has 0 spiro atoms. The molecule has 1 aromatic carbocycles. The summed E-state index contributed by atoms with van der Waals surface area (Å²) < 4.78 is 66.9. The summed E-state index contributed by atoms with van der Waals surface area (Å²) in [5, 5.41) is 0.839. The number of imidazole rings is 1. The van der Waals surface area contributed by atoms with Gasteiger partial charge in [0.1, 0.15) is 16.4 Å². The van der Waals surface area contributed by atoms with Crippen molar-refractivity contribution in [2.75, 3.05) is 12.0 Å². The first-order chi connectivity index (χ1) is 16.6. The van der Waals surface area contributed by atoms with Crippen LogP contribution in [0.1, 0.15) is 31.5 Å². The molecular weight excluding hydrogens is 495 g/mol. The Morgan fingerprint density at radius 3 is 2.36 bits per heavy atom. The number of fused-ring (bicyclic) bond motifs is 2. The van der Waals surface area contributed by atoms with Gasteiger partial charge in [0.25, 0.3) is 0 Å². The van der Waals surface area contributed by atoms with Gasteiger partial charge in [-0.05, 0) is 50.1 Å². The van der Waals surface area contributed by atoms with Crippen LogP contribution in [0.2, 0.25) is 0 Å². The first-order valence-electron chi connectivity index (χ1n) is 11.3. The molecule has 0 aliphatic heterocycles. The number of sulfone groups is 1. The predicted molar refractivity (Wildman–Crippen MR) is 133 cm³/mol. The van der Waals surface area contributed by atoms with Gasteiger partial charge in [0.2, 0.25) is 0 Å². The second kappa shape index (κ2) is 9.07. The van der Waals surface area contributed by atoms with E-state index in [0.717, 1.165) is 16.5 Å². The molecule has 0 aliphatic carbocycles. The summed E-state index contributed by atoms with van der Waals surface area (Å²) in [4.78, 5) is 17.1. The molecule has 8 nitrogen and oxygen atoms in total. The average Bonchev–Trinajstić information content (AvgIpc) is 3.21. The van der Waals surface area contributed by atoms with Crippen molar-refractivity contribution in [1.82, 2.24) is 18.7 Å².